The number of aryl methyl sites for hydroxylation is 1. The monoisotopic (exact) mass is 347 g/mol. The van der Waals surface area contributed by atoms with Crippen LogP contribution >= 0.6 is 11.6 Å². The third-order valence-corrected chi connectivity index (χ3v) is 4.07. The second kappa shape index (κ2) is 8.60. The first-order chi connectivity index (χ1) is 11.5. The molecule has 24 heavy (non-hydrogen) atoms. The lowest BCUT2D eigenvalue weighted by molar-refractivity contribution is -0.121. The van der Waals surface area contributed by atoms with Crippen LogP contribution in [0.15, 0.2) is 42.5 Å². The van der Waals surface area contributed by atoms with Gasteiger partial charge >= 0.3 is 0 Å². The lowest BCUT2D eigenvalue weighted by Gasteiger charge is -2.15. The van der Waals surface area contributed by atoms with Crippen LogP contribution in [-0.4, -0.2) is 20.1 Å². The average Bonchev–Trinajstić information content (AvgIpc) is 2.59. The Labute approximate surface area is 147 Å². The van der Waals surface area contributed by atoms with Gasteiger partial charge in [-0.2, -0.15) is 0 Å². The summed E-state index contributed by atoms with van der Waals surface area (Å²) in [6.45, 7) is 1.94. The van der Waals surface area contributed by atoms with Gasteiger partial charge in [0.25, 0.3) is 0 Å². The number of halogens is 1. The van der Waals surface area contributed by atoms with Gasteiger partial charge in [0.2, 0.25) is 5.91 Å². The number of hydrogen-bond donors (Lipinski definition) is 1. The summed E-state index contributed by atoms with van der Waals surface area (Å²) in [6.07, 6.45) is 0.947. The summed E-state index contributed by atoms with van der Waals surface area (Å²) in [7, 11) is 3.23. The predicted octanol–water partition coefficient (Wildman–Crippen LogP) is 4.17. The smallest absolute Gasteiger partial charge is 0.220 e. The summed E-state index contributed by atoms with van der Waals surface area (Å²) in [5.74, 6) is 1.48. The Bertz CT molecular complexity index is 703. The van der Waals surface area contributed by atoms with Crippen molar-refractivity contribution in [3.8, 4) is 11.5 Å². The number of ether oxygens (including phenoxy) is 2. The van der Waals surface area contributed by atoms with Crippen molar-refractivity contribution < 1.29 is 14.3 Å². The van der Waals surface area contributed by atoms with Crippen molar-refractivity contribution in [2.45, 2.75) is 25.8 Å². The predicted molar refractivity (Wildman–Crippen MR) is 95.9 cm³/mol. The van der Waals surface area contributed by atoms with Crippen molar-refractivity contribution in [2.75, 3.05) is 14.2 Å². The number of carbonyl (C=O) groups is 1. The Morgan fingerprint density at radius 2 is 1.96 bits per heavy atom. The first-order valence-electron chi connectivity index (χ1n) is 7.79. The minimum Gasteiger partial charge on any atom is -0.497 e. The fraction of sp³-hybridized carbons (Fsp3) is 0.316. The van der Waals surface area contributed by atoms with E-state index in [0.717, 1.165) is 22.6 Å². The number of rotatable bonds is 7. The number of nitrogens with one attached hydrogen (secondary N) is 1. The number of benzene rings is 2. The molecule has 0 aliphatic rings. The van der Waals surface area contributed by atoms with Crippen molar-refractivity contribution in [1.82, 2.24) is 5.32 Å². The first-order valence-corrected chi connectivity index (χ1v) is 8.17. The third-order valence-electron chi connectivity index (χ3n) is 3.84. The zero-order chi connectivity index (χ0) is 17.5. The summed E-state index contributed by atoms with van der Waals surface area (Å²) >= 11 is 5.99. The van der Waals surface area contributed by atoms with E-state index in [-0.39, 0.29) is 11.9 Å². The topological polar surface area (TPSA) is 47.6 Å². The minimum absolute atomic E-state index is 0.0210. The van der Waals surface area contributed by atoms with Crippen LogP contribution in [0.4, 0.5) is 0 Å². The SMILES string of the molecule is COc1ccc(OC)c(CCC(=O)NC(C)c2cccc(Cl)c2)c1. The van der Waals surface area contributed by atoms with Crippen LogP contribution in [0, 0.1) is 0 Å². The quantitative estimate of drug-likeness (QED) is 0.817. The van der Waals surface area contributed by atoms with Crippen LogP contribution in [0.2, 0.25) is 5.02 Å². The molecular formula is C19H22ClNO3. The molecule has 0 bridgehead atoms. The Morgan fingerprint density at radius 3 is 2.62 bits per heavy atom. The van der Waals surface area contributed by atoms with Gasteiger partial charge in [0.15, 0.2) is 0 Å². The summed E-state index contributed by atoms with van der Waals surface area (Å²) < 4.78 is 10.6. The van der Waals surface area contributed by atoms with E-state index in [1.165, 1.54) is 0 Å². The Hall–Kier alpha value is -2.20. The summed E-state index contributed by atoms with van der Waals surface area (Å²) in [5.41, 5.74) is 1.93. The molecule has 128 valence electrons. The molecule has 0 aliphatic carbocycles. The molecule has 0 heterocycles. The first kappa shape index (κ1) is 18.1. The van der Waals surface area contributed by atoms with Gasteiger partial charge in [-0.15, -0.1) is 0 Å². The van der Waals surface area contributed by atoms with Crippen LogP contribution in [0.5, 0.6) is 11.5 Å². The van der Waals surface area contributed by atoms with Crippen molar-refractivity contribution in [3.05, 3.63) is 58.6 Å². The van der Waals surface area contributed by atoms with Gasteiger partial charge in [0, 0.05) is 11.4 Å². The van der Waals surface area contributed by atoms with Crippen molar-refractivity contribution >= 4 is 17.5 Å². The highest BCUT2D eigenvalue weighted by Gasteiger charge is 2.12. The maximum Gasteiger partial charge on any atom is 0.220 e. The van der Waals surface area contributed by atoms with Gasteiger partial charge in [0.1, 0.15) is 11.5 Å². The molecule has 0 saturated carbocycles. The van der Waals surface area contributed by atoms with Gasteiger partial charge in [-0.3, -0.25) is 4.79 Å². The van der Waals surface area contributed by atoms with E-state index in [0.29, 0.717) is 17.9 Å². The molecule has 2 aromatic carbocycles. The molecule has 2 rings (SSSR count). The van der Waals surface area contributed by atoms with Crippen molar-refractivity contribution in [1.29, 1.82) is 0 Å². The van der Waals surface area contributed by atoms with Crippen LogP contribution in [0.25, 0.3) is 0 Å². The molecule has 1 amide bonds. The summed E-state index contributed by atoms with van der Waals surface area (Å²) in [4.78, 5) is 12.2. The van der Waals surface area contributed by atoms with E-state index >= 15 is 0 Å². The van der Waals surface area contributed by atoms with Gasteiger partial charge in [-0.05, 0) is 54.8 Å². The molecule has 1 unspecified atom stereocenters. The number of amides is 1. The molecule has 0 aliphatic heterocycles. The maximum absolute atomic E-state index is 12.2. The van der Waals surface area contributed by atoms with E-state index in [9.17, 15) is 4.79 Å². The molecule has 0 saturated heterocycles. The fourth-order valence-corrected chi connectivity index (χ4v) is 2.70. The van der Waals surface area contributed by atoms with Gasteiger partial charge in [0.05, 0.1) is 20.3 Å². The van der Waals surface area contributed by atoms with Crippen LogP contribution < -0.4 is 14.8 Å². The van der Waals surface area contributed by atoms with Gasteiger partial charge in [-0.25, -0.2) is 0 Å². The second-order valence-electron chi connectivity index (χ2n) is 5.52. The lowest BCUT2D eigenvalue weighted by atomic mass is 10.1. The summed E-state index contributed by atoms with van der Waals surface area (Å²) in [6, 6.07) is 13.0. The molecule has 4 nitrogen and oxygen atoms in total. The maximum atomic E-state index is 12.2. The molecule has 0 fully saturated rings. The highest BCUT2D eigenvalue weighted by molar-refractivity contribution is 6.30. The Balaban J connectivity index is 1.96. The zero-order valence-electron chi connectivity index (χ0n) is 14.1. The normalized spacial score (nSPS) is 11.7. The van der Waals surface area contributed by atoms with Crippen LogP contribution in [-0.2, 0) is 11.2 Å². The highest BCUT2D eigenvalue weighted by atomic mass is 35.5. The van der Waals surface area contributed by atoms with E-state index in [1.807, 2.05) is 49.4 Å². The third kappa shape index (κ3) is 4.90. The number of methoxy groups -OCH3 is 2. The Kier molecular flexibility index (Phi) is 6.50. The molecular weight excluding hydrogens is 326 g/mol. The van der Waals surface area contributed by atoms with Crippen LogP contribution in [0.1, 0.15) is 30.5 Å². The number of carbonyl (C=O) groups excluding carboxylic acids is 1. The zero-order valence-corrected chi connectivity index (χ0v) is 14.9. The van der Waals surface area contributed by atoms with Gasteiger partial charge < -0.3 is 14.8 Å². The van der Waals surface area contributed by atoms with Crippen LogP contribution in [0.3, 0.4) is 0 Å². The van der Waals surface area contributed by atoms with Gasteiger partial charge in [-0.1, -0.05) is 23.7 Å². The van der Waals surface area contributed by atoms with E-state index in [1.54, 1.807) is 14.2 Å². The molecule has 0 radical (unpaired) electrons. The molecule has 0 spiro atoms. The van der Waals surface area contributed by atoms with Crippen molar-refractivity contribution in [2.24, 2.45) is 0 Å². The second-order valence-corrected chi connectivity index (χ2v) is 5.96. The fourth-order valence-electron chi connectivity index (χ4n) is 2.50. The minimum atomic E-state index is -0.0941. The number of hydrogen-bond acceptors (Lipinski definition) is 3. The molecule has 2 aromatic rings. The highest BCUT2D eigenvalue weighted by Crippen LogP contribution is 2.25. The molecule has 5 heteroatoms. The molecule has 1 N–H and O–H groups in total. The lowest BCUT2D eigenvalue weighted by Crippen LogP contribution is -2.26. The largest absolute Gasteiger partial charge is 0.497 e. The van der Waals surface area contributed by atoms with E-state index < -0.39 is 0 Å². The standard InChI is InChI=1S/C19H22ClNO3/c1-13(14-5-4-6-16(20)11-14)21-19(22)10-7-15-12-17(23-2)8-9-18(15)24-3/h4-6,8-9,11-13H,7,10H2,1-3H3,(H,21,22). The van der Waals surface area contributed by atoms with E-state index in [2.05, 4.69) is 5.32 Å². The summed E-state index contributed by atoms with van der Waals surface area (Å²) in [5, 5.41) is 3.65. The average molecular weight is 348 g/mol. The van der Waals surface area contributed by atoms with E-state index in [4.69, 9.17) is 21.1 Å². The van der Waals surface area contributed by atoms with Crippen molar-refractivity contribution in [3.63, 3.8) is 0 Å². The molecule has 1 atom stereocenters. The molecule has 0 aromatic heterocycles. The Morgan fingerprint density at radius 1 is 1.17 bits per heavy atom.